The molecule has 0 nitrogen and oxygen atoms in total. The number of halogens is 8. The minimum absolute atomic E-state index is 0.372. The van der Waals surface area contributed by atoms with Crippen molar-refractivity contribution in [2.45, 2.75) is 33.3 Å². The third-order valence-corrected chi connectivity index (χ3v) is 5.53. The average Bonchev–Trinajstić information content (AvgIpc) is 2.56. The summed E-state index contributed by atoms with van der Waals surface area (Å²) in [6.45, 7) is 0. The summed E-state index contributed by atoms with van der Waals surface area (Å²) in [5, 5.41) is -5.45. The van der Waals surface area contributed by atoms with Crippen molar-refractivity contribution in [2.24, 2.45) is 0 Å². The molecule has 25 heavy (non-hydrogen) atoms. The lowest BCUT2D eigenvalue weighted by Gasteiger charge is -2.30. The van der Waals surface area contributed by atoms with Crippen LogP contribution in [0.2, 0.25) is 0 Å². The Bertz CT molecular complexity index is 648. The highest BCUT2D eigenvalue weighted by Gasteiger charge is 2.83. The average molecular weight is 387 g/mol. The van der Waals surface area contributed by atoms with Crippen molar-refractivity contribution in [3.8, 4) is 0 Å². The number of alkyl halides is 8. The zero-order valence-corrected chi connectivity index (χ0v) is 13.1. The molecular formula is C16H11F8S+. The predicted molar refractivity (Wildman–Crippen MR) is 77.6 cm³/mol. The topological polar surface area (TPSA) is 0 Å². The highest BCUT2D eigenvalue weighted by Crippen LogP contribution is 2.54. The Kier molecular flexibility index (Phi) is 5.36. The molecule has 2 aromatic carbocycles. The molecule has 0 N–H and O–H groups in total. The van der Waals surface area contributed by atoms with E-state index in [0.29, 0.717) is 0 Å². The molecule has 0 fully saturated rings. The Morgan fingerprint density at radius 1 is 0.640 bits per heavy atom. The second-order valence-corrected chi connectivity index (χ2v) is 7.02. The van der Waals surface area contributed by atoms with Gasteiger partial charge in [-0.25, -0.2) is 8.78 Å². The quantitative estimate of drug-likeness (QED) is 0.431. The molecule has 0 spiro atoms. The molecular weight excluding hydrogens is 376 g/mol. The summed E-state index contributed by atoms with van der Waals surface area (Å²) >= 11 is 0. The molecule has 0 saturated heterocycles. The first-order chi connectivity index (χ1) is 11.5. The van der Waals surface area contributed by atoms with Crippen molar-refractivity contribution in [1.82, 2.24) is 0 Å². The lowest BCUT2D eigenvalue weighted by atomic mass is 10.2. The molecule has 0 heterocycles. The van der Waals surface area contributed by atoms with Crippen LogP contribution in [0, 0.1) is 0 Å². The van der Waals surface area contributed by atoms with E-state index in [4.69, 9.17) is 0 Å². The van der Waals surface area contributed by atoms with E-state index in [2.05, 4.69) is 0 Å². The number of rotatable bonds is 6. The molecule has 2 aromatic rings. The highest BCUT2D eigenvalue weighted by atomic mass is 32.2. The first-order valence-corrected chi connectivity index (χ1v) is 8.02. The molecule has 0 aliphatic carbocycles. The van der Waals surface area contributed by atoms with Crippen LogP contribution >= 0.6 is 0 Å². The normalized spacial score (nSPS) is 13.5. The fourth-order valence-electron chi connectivity index (χ4n) is 2.00. The Balaban J connectivity index is 2.64. The van der Waals surface area contributed by atoms with Gasteiger partial charge in [0.2, 0.25) is 0 Å². The Morgan fingerprint density at radius 2 is 1.00 bits per heavy atom. The standard InChI is InChI=1S/C16H11F8S/c17-13(18)14(19,20)15(21,22)16(23,24)25(11-7-3-1-4-8-11)12-9-5-2-6-10-12/h1-10,13H/q+1. The molecule has 0 bridgehead atoms. The van der Waals surface area contributed by atoms with Crippen LogP contribution < -0.4 is 0 Å². The molecule has 0 aliphatic heterocycles. The molecule has 0 aliphatic rings. The Morgan fingerprint density at radius 3 is 1.32 bits per heavy atom. The van der Waals surface area contributed by atoms with Gasteiger partial charge in [-0.3, -0.25) is 0 Å². The van der Waals surface area contributed by atoms with Crippen molar-refractivity contribution >= 4 is 10.9 Å². The largest absolute Gasteiger partial charge is 0.490 e. The molecule has 0 amide bonds. The van der Waals surface area contributed by atoms with Gasteiger partial charge in [-0.15, -0.1) is 8.78 Å². The van der Waals surface area contributed by atoms with Crippen LogP contribution in [-0.4, -0.2) is 23.5 Å². The summed E-state index contributed by atoms with van der Waals surface area (Å²) in [6.07, 6.45) is -4.94. The van der Waals surface area contributed by atoms with Gasteiger partial charge in [0.1, 0.15) is 10.9 Å². The van der Waals surface area contributed by atoms with Crippen LogP contribution in [0.5, 0.6) is 0 Å². The maximum absolute atomic E-state index is 14.5. The second-order valence-electron chi connectivity index (χ2n) is 4.95. The number of benzene rings is 2. The summed E-state index contributed by atoms with van der Waals surface area (Å²) in [5.74, 6) is -12.5. The van der Waals surface area contributed by atoms with Gasteiger partial charge in [0.25, 0.3) is 0 Å². The van der Waals surface area contributed by atoms with Gasteiger partial charge in [-0.1, -0.05) is 36.4 Å². The molecule has 0 unspecified atom stereocenters. The van der Waals surface area contributed by atoms with Crippen molar-refractivity contribution in [3.63, 3.8) is 0 Å². The van der Waals surface area contributed by atoms with E-state index >= 15 is 0 Å². The van der Waals surface area contributed by atoms with Crippen molar-refractivity contribution < 1.29 is 35.1 Å². The van der Waals surface area contributed by atoms with E-state index in [1.807, 2.05) is 0 Å². The molecule has 0 aromatic heterocycles. The zero-order valence-electron chi connectivity index (χ0n) is 12.3. The highest BCUT2D eigenvalue weighted by molar-refractivity contribution is 7.98. The fourth-order valence-corrected chi connectivity index (χ4v) is 4.12. The van der Waals surface area contributed by atoms with Crippen molar-refractivity contribution in [3.05, 3.63) is 60.7 Å². The molecule has 9 heteroatoms. The van der Waals surface area contributed by atoms with Gasteiger partial charge in [-0.2, -0.15) is 17.6 Å². The summed E-state index contributed by atoms with van der Waals surface area (Å²) in [4.78, 5) is -0.744. The van der Waals surface area contributed by atoms with E-state index in [9.17, 15) is 35.1 Å². The summed E-state index contributed by atoms with van der Waals surface area (Å²) in [6, 6.07) is 12.1. The van der Waals surface area contributed by atoms with Crippen LogP contribution in [0.1, 0.15) is 0 Å². The molecule has 0 radical (unpaired) electrons. The van der Waals surface area contributed by atoms with Crippen LogP contribution in [-0.2, 0) is 10.9 Å². The minimum atomic E-state index is -6.26. The van der Waals surface area contributed by atoms with E-state index in [1.165, 1.54) is 36.4 Å². The first kappa shape index (κ1) is 19.6. The van der Waals surface area contributed by atoms with E-state index < -0.39 is 34.4 Å². The number of hydrogen-bond acceptors (Lipinski definition) is 0. The van der Waals surface area contributed by atoms with Gasteiger partial charge in [0.05, 0.1) is 0 Å². The monoisotopic (exact) mass is 387 g/mol. The SMILES string of the molecule is FC(F)C(F)(F)C(F)(F)C(F)(F)[S+](c1ccccc1)c1ccccc1. The van der Waals surface area contributed by atoms with E-state index in [0.717, 1.165) is 24.3 Å². The molecule has 2 rings (SSSR count). The van der Waals surface area contributed by atoms with Gasteiger partial charge in [0, 0.05) is 0 Å². The van der Waals surface area contributed by atoms with E-state index in [1.54, 1.807) is 0 Å². The van der Waals surface area contributed by atoms with Crippen molar-refractivity contribution in [1.29, 1.82) is 0 Å². The minimum Gasteiger partial charge on any atom is -0.203 e. The zero-order chi connectivity index (χ0) is 18.9. The lowest BCUT2D eigenvalue weighted by molar-refractivity contribution is -0.313. The first-order valence-electron chi connectivity index (χ1n) is 6.79. The maximum Gasteiger partial charge on any atom is 0.490 e. The van der Waals surface area contributed by atoms with Crippen LogP contribution in [0.25, 0.3) is 0 Å². The predicted octanol–water partition coefficient (Wildman–Crippen LogP) is 5.85. The third-order valence-electron chi connectivity index (χ3n) is 3.27. The number of hydrogen-bond donors (Lipinski definition) is 0. The van der Waals surface area contributed by atoms with Crippen molar-refractivity contribution in [2.75, 3.05) is 0 Å². The summed E-state index contributed by atoms with van der Waals surface area (Å²) in [7, 11) is -2.89. The van der Waals surface area contributed by atoms with Gasteiger partial charge >= 0.3 is 23.5 Å². The fraction of sp³-hybridized carbons (Fsp3) is 0.250. The van der Waals surface area contributed by atoms with Crippen LogP contribution in [0.3, 0.4) is 0 Å². The summed E-state index contributed by atoms with van der Waals surface area (Å²) < 4.78 is 108. The maximum atomic E-state index is 14.5. The smallest absolute Gasteiger partial charge is 0.203 e. The molecule has 136 valence electrons. The van der Waals surface area contributed by atoms with Crippen LogP contribution in [0.15, 0.2) is 70.5 Å². The van der Waals surface area contributed by atoms with Crippen LogP contribution in [0.4, 0.5) is 35.1 Å². The third kappa shape index (κ3) is 3.33. The Labute approximate surface area is 140 Å². The van der Waals surface area contributed by atoms with Gasteiger partial charge < -0.3 is 0 Å². The second kappa shape index (κ2) is 6.86. The summed E-state index contributed by atoms with van der Waals surface area (Å²) in [5.41, 5.74) is 0. The molecule has 0 saturated carbocycles. The van der Waals surface area contributed by atoms with Gasteiger partial charge in [0.15, 0.2) is 9.79 Å². The lowest BCUT2D eigenvalue weighted by Crippen LogP contribution is -2.60. The molecule has 0 atom stereocenters. The van der Waals surface area contributed by atoms with E-state index in [-0.39, 0.29) is 9.79 Å². The van der Waals surface area contributed by atoms with Gasteiger partial charge in [-0.05, 0) is 24.3 Å². The Hall–Kier alpha value is -1.77.